The van der Waals surface area contributed by atoms with Crippen LogP contribution in [0.3, 0.4) is 0 Å². The number of likely N-dealkylation sites (tertiary alicyclic amines) is 1. The van der Waals surface area contributed by atoms with Crippen molar-refractivity contribution in [1.82, 2.24) is 15.5 Å². The molecule has 25 heavy (non-hydrogen) atoms. The van der Waals surface area contributed by atoms with Gasteiger partial charge < -0.3 is 15.4 Å². The number of hydrogen-bond donors (Lipinski definition) is 2. The fourth-order valence-electron chi connectivity index (χ4n) is 3.59. The molecule has 5 heteroatoms. The smallest absolute Gasteiger partial charge is 0.220 e. The molecule has 0 saturated carbocycles. The second kappa shape index (κ2) is 9.78. The van der Waals surface area contributed by atoms with Crippen molar-refractivity contribution in [1.29, 1.82) is 0 Å². The lowest BCUT2D eigenvalue weighted by Crippen LogP contribution is -2.25. The molecular weight excluding hydrogens is 314 g/mol. The molecular formula is C20H31N3O2. The van der Waals surface area contributed by atoms with Crippen LogP contribution >= 0.6 is 0 Å². The Kier molecular flexibility index (Phi) is 7.12. The lowest BCUT2D eigenvalue weighted by atomic mass is 10.0. The number of ether oxygens (including phenoxy) is 1. The summed E-state index contributed by atoms with van der Waals surface area (Å²) >= 11 is 0. The molecule has 0 spiro atoms. The number of rotatable bonds is 9. The Morgan fingerprint density at radius 2 is 2.04 bits per heavy atom. The summed E-state index contributed by atoms with van der Waals surface area (Å²) in [6.07, 6.45) is 5.45. The highest BCUT2D eigenvalue weighted by molar-refractivity contribution is 5.75. The molecule has 2 saturated heterocycles. The molecule has 1 atom stereocenters. The van der Waals surface area contributed by atoms with Crippen molar-refractivity contribution in [2.75, 3.05) is 39.3 Å². The van der Waals surface area contributed by atoms with Gasteiger partial charge in [-0.15, -0.1) is 0 Å². The van der Waals surface area contributed by atoms with Crippen LogP contribution < -0.4 is 15.4 Å². The van der Waals surface area contributed by atoms with Crippen LogP contribution in [0.15, 0.2) is 24.3 Å². The predicted molar refractivity (Wildman–Crippen MR) is 99.7 cm³/mol. The monoisotopic (exact) mass is 345 g/mol. The molecule has 0 aromatic heterocycles. The zero-order valence-corrected chi connectivity index (χ0v) is 15.1. The average molecular weight is 345 g/mol. The standard InChI is InChI=1S/C20H31N3O2/c24-20(8-5-18-9-10-21-15-18)22-16-17-3-6-19(7-4-17)25-14-13-23-11-1-2-12-23/h3-4,6-7,18,21H,1-2,5,8-16H2,(H,22,24). The van der Waals surface area contributed by atoms with Crippen LogP contribution in [0.5, 0.6) is 5.75 Å². The summed E-state index contributed by atoms with van der Waals surface area (Å²) in [7, 11) is 0. The predicted octanol–water partition coefficient (Wildman–Crippen LogP) is 2.17. The van der Waals surface area contributed by atoms with Gasteiger partial charge in [-0.2, -0.15) is 0 Å². The van der Waals surface area contributed by atoms with E-state index >= 15 is 0 Å². The minimum atomic E-state index is 0.151. The summed E-state index contributed by atoms with van der Waals surface area (Å²) in [5.41, 5.74) is 1.11. The van der Waals surface area contributed by atoms with E-state index in [4.69, 9.17) is 4.74 Å². The zero-order chi connectivity index (χ0) is 17.3. The van der Waals surface area contributed by atoms with E-state index in [2.05, 4.69) is 15.5 Å². The van der Waals surface area contributed by atoms with Gasteiger partial charge in [0.05, 0.1) is 0 Å². The lowest BCUT2D eigenvalue weighted by Gasteiger charge is -2.15. The van der Waals surface area contributed by atoms with E-state index in [-0.39, 0.29) is 5.91 Å². The molecule has 0 aliphatic carbocycles. The van der Waals surface area contributed by atoms with Gasteiger partial charge in [0, 0.05) is 19.5 Å². The molecule has 1 aromatic carbocycles. The maximum atomic E-state index is 11.9. The van der Waals surface area contributed by atoms with Crippen LogP contribution in [0.1, 0.15) is 37.7 Å². The Morgan fingerprint density at radius 3 is 2.76 bits per heavy atom. The molecule has 2 N–H and O–H groups in total. The van der Waals surface area contributed by atoms with E-state index in [9.17, 15) is 4.79 Å². The molecule has 138 valence electrons. The molecule has 2 fully saturated rings. The first-order chi connectivity index (χ1) is 12.3. The number of benzene rings is 1. The summed E-state index contributed by atoms with van der Waals surface area (Å²) in [5.74, 6) is 1.73. The van der Waals surface area contributed by atoms with Crippen molar-refractivity contribution < 1.29 is 9.53 Å². The molecule has 2 heterocycles. The highest BCUT2D eigenvalue weighted by Crippen LogP contribution is 2.15. The number of amides is 1. The minimum absolute atomic E-state index is 0.151. The number of carbonyl (C=O) groups is 1. The second-order valence-corrected chi connectivity index (χ2v) is 7.22. The molecule has 0 radical (unpaired) electrons. The topological polar surface area (TPSA) is 53.6 Å². The van der Waals surface area contributed by atoms with E-state index in [1.165, 1.54) is 32.4 Å². The Labute approximate surface area is 151 Å². The molecule has 2 aliphatic heterocycles. The molecule has 2 aliphatic rings. The second-order valence-electron chi connectivity index (χ2n) is 7.22. The van der Waals surface area contributed by atoms with Crippen molar-refractivity contribution in [3.8, 4) is 5.75 Å². The zero-order valence-electron chi connectivity index (χ0n) is 15.1. The summed E-state index contributed by atoms with van der Waals surface area (Å²) in [5, 5.41) is 6.36. The van der Waals surface area contributed by atoms with Gasteiger partial charge in [0.15, 0.2) is 0 Å². The fraction of sp³-hybridized carbons (Fsp3) is 0.650. The van der Waals surface area contributed by atoms with Gasteiger partial charge in [0.1, 0.15) is 12.4 Å². The Balaban J connectivity index is 1.30. The molecule has 1 amide bonds. The third kappa shape index (κ3) is 6.33. The van der Waals surface area contributed by atoms with Crippen LogP contribution in [0, 0.1) is 5.92 Å². The Bertz CT molecular complexity index is 520. The fourth-order valence-corrected chi connectivity index (χ4v) is 3.59. The maximum absolute atomic E-state index is 11.9. The van der Waals surface area contributed by atoms with Gasteiger partial charge in [-0.3, -0.25) is 9.69 Å². The first kappa shape index (κ1) is 18.2. The van der Waals surface area contributed by atoms with Gasteiger partial charge in [-0.05, 0) is 75.5 Å². The van der Waals surface area contributed by atoms with Gasteiger partial charge >= 0.3 is 0 Å². The summed E-state index contributed by atoms with van der Waals surface area (Å²) < 4.78 is 5.81. The van der Waals surface area contributed by atoms with Gasteiger partial charge in [-0.25, -0.2) is 0 Å². The van der Waals surface area contributed by atoms with Crippen LogP contribution in [0.4, 0.5) is 0 Å². The van der Waals surface area contributed by atoms with E-state index in [0.717, 1.165) is 44.0 Å². The van der Waals surface area contributed by atoms with E-state index in [0.29, 0.717) is 18.9 Å². The van der Waals surface area contributed by atoms with Crippen LogP contribution in [0.2, 0.25) is 0 Å². The third-order valence-electron chi connectivity index (χ3n) is 5.23. The van der Waals surface area contributed by atoms with Crippen molar-refractivity contribution in [2.45, 2.75) is 38.6 Å². The first-order valence-electron chi connectivity index (χ1n) is 9.71. The largest absolute Gasteiger partial charge is 0.492 e. The van der Waals surface area contributed by atoms with Crippen molar-refractivity contribution >= 4 is 5.91 Å². The van der Waals surface area contributed by atoms with Crippen molar-refractivity contribution in [2.24, 2.45) is 5.92 Å². The van der Waals surface area contributed by atoms with Crippen molar-refractivity contribution in [3.63, 3.8) is 0 Å². The minimum Gasteiger partial charge on any atom is -0.492 e. The maximum Gasteiger partial charge on any atom is 0.220 e. The normalized spacial score (nSPS) is 20.7. The number of carbonyl (C=O) groups excluding carboxylic acids is 1. The first-order valence-corrected chi connectivity index (χ1v) is 9.71. The SMILES string of the molecule is O=C(CCC1CCNC1)NCc1ccc(OCCN2CCCC2)cc1. The van der Waals surface area contributed by atoms with Crippen LogP contribution in [-0.4, -0.2) is 50.1 Å². The third-order valence-corrected chi connectivity index (χ3v) is 5.23. The van der Waals surface area contributed by atoms with Gasteiger partial charge in [0.25, 0.3) is 0 Å². The van der Waals surface area contributed by atoms with Crippen molar-refractivity contribution in [3.05, 3.63) is 29.8 Å². The number of nitrogens with zero attached hydrogens (tertiary/aromatic N) is 1. The highest BCUT2D eigenvalue weighted by atomic mass is 16.5. The quantitative estimate of drug-likeness (QED) is 0.720. The van der Waals surface area contributed by atoms with E-state index in [1.54, 1.807) is 0 Å². The van der Waals surface area contributed by atoms with Crippen LogP contribution in [-0.2, 0) is 11.3 Å². The van der Waals surface area contributed by atoms with Gasteiger partial charge in [-0.1, -0.05) is 12.1 Å². The van der Waals surface area contributed by atoms with Crippen LogP contribution in [0.25, 0.3) is 0 Å². The molecule has 3 rings (SSSR count). The summed E-state index contributed by atoms with van der Waals surface area (Å²) in [6, 6.07) is 8.06. The van der Waals surface area contributed by atoms with E-state index in [1.807, 2.05) is 24.3 Å². The molecule has 0 bridgehead atoms. The lowest BCUT2D eigenvalue weighted by molar-refractivity contribution is -0.121. The molecule has 1 aromatic rings. The Morgan fingerprint density at radius 1 is 1.24 bits per heavy atom. The van der Waals surface area contributed by atoms with Gasteiger partial charge in [0.2, 0.25) is 5.91 Å². The highest BCUT2D eigenvalue weighted by Gasteiger charge is 2.15. The summed E-state index contributed by atoms with van der Waals surface area (Å²) in [6.45, 7) is 6.92. The number of hydrogen-bond acceptors (Lipinski definition) is 4. The molecule has 5 nitrogen and oxygen atoms in total. The number of nitrogens with one attached hydrogen (secondary N) is 2. The average Bonchev–Trinajstić information content (AvgIpc) is 3.33. The summed E-state index contributed by atoms with van der Waals surface area (Å²) in [4.78, 5) is 14.4. The molecule has 1 unspecified atom stereocenters. The van der Waals surface area contributed by atoms with E-state index < -0.39 is 0 Å². The Hall–Kier alpha value is -1.59.